The van der Waals surface area contributed by atoms with Gasteiger partial charge in [-0.25, -0.2) is 0 Å². The van der Waals surface area contributed by atoms with Crippen LogP contribution in [0.15, 0.2) is 48.5 Å². The Balaban J connectivity index is 2.05. The summed E-state index contributed by atoms with van der Waals surface area (Å²) in [6.45, 7) is 0. The molecule has 0 amide bonds. The minimum absolute atomic E-state index is 0.0361. The van der Waals surface area contributed by atoms with Gasteiger partial charge in [0, 0.05) is 12.1 Å². The highest BCUT2D eigenvalue weighted by atomic mass is 35.5. The van der Waals surface area contributed by atoms with Gasteiger partial charge in [-0.3, -0.25) is 4.79 Å². The number of nitrogens with two attached hydrogens (primary N) is 1. The normalized spacial score (nSPS) is 10.9. The van der Waals surface area contributed by atoms with Crippen molar-refractivity contribution in [1.29, 1.82) is 0 Å². The highest BCUT2D eigenvalue weighted by Crippen LogP contribution is 2.26. The number of hydrogen-bond donors (Lipinski definition) is 1. The zero-order valence-corrected chi connectivity index (χ0v) is 12.2. The quantitative estimate of drug-likeness (QED) is 0.672. The van der Waals surface area contributed by atoms with Gasteiger partial charge in [0.05, 0.1) is 10.0 Å². The molecule has 0 saturated carbocycles. The molecule has 0 radical (unpaired) electrons. The van der Waals surface area contributed by atoms with Crippen molar-refractivity contribution in [3.05, 3.63) is 69.7 Å². The minimum atomic E-state index is -0.0361. The maximum absolute atomic E-state index is 11.9. The largest absolute Gasteiger partial charge is 0.399 e. The second kappa shape index (κ2) is 6.60. The summed E-state index contributed by atoms with van der Waals surface area (Å²) in [6, 6.07) is 12.6. The molecule has 0 saturated heterocycles. The highest BCUT2D eigenvalue weighted by Gasteiger charge is 2.07. The van der Waals surface area contributed by atoms with Crippen LogP contribution in [0.25, 0.3) is 6.08 Å². The summed E-state index contributed by atoms with van der Waals surface area (Å²) in [6.07, 6.45) is 3.51. The fraction of sp³-hybridized carbons (Fsp3) is 0.0625. The van der Waals surface area contributed by atoms with Crippen LogP contribution in [-0.2, 0) is 11.2 Å². The standard InChI is InChI=1S/C16H13Cl2NO/c17-15-3-1-2-12(16(15)18)10-14(20)9-6-11-4-7-13(19)8-5-11/h1-9H,10,19H2/b9-6+. The lowest BCUT2D eigenvalue weighted by Gasteiger charge is -2.03. The fourth-order valence-electron chi connectivity index (χ4n) is 1.73. The summed E-state index contributed by atoms with van der Waals surface area (Å²) >= 11 is 12.0. The lowest BCUT2D eigenvalue weighted by atomic mass is 10.1. The number of carbonyl (C=O) groups excluding carboxylic acids is 1. The molecule has 2 nitrogen and oxygen atoms in total. The van der Waals surface area contributed by atoms with Gasteiger partial charge in [0.15, 0.2) is 5.78 Å². The highest BCUT2D eigenvalue weighted by molar-refractivity contribution is 6.42. The van der Waals surface area contributed by atoms with E-state index in [1.54, 1.807) is 36.4 Å². The Kier molecular flexibility index (Phi) is 4.83. The smallest absolute Gasteiger partial charge is 0.160 e. The third-order valence-electron chi connectivity index (χ3n) is 2.79. The van der Waals surface area contributed by atoms with E-state index in [2.05, 4.69) is 0 Å². The number of ketones is 1. The van der Waals surface area contributed by atoms with Gasteiger partial charge in [-0.15, -0.1) is 0 Å². The summed E-state index contributed by atoms with van der Waals surface area (Å²) in [5.74, 6) is -0.0361. The van der Waals surface area contributed by atoms with Gasteiger partial charge < -0.3 is 5.73 Å². The number of anilines is 1. The molecule has 0 fully saturated rings. The number of rotatable bonds is 4. The van der Waals surface area contributed by atoms with Gasteiger partial charge in [-0.1, -0.05) is 53.5 Å². The number of nitrogen functional groups attached to an aromatic ring is 1. The maximum Gasteiger partial charge on any atom is 0.160 e. The van der Waals surface area contributed by atoms with E-state index >= 15 is 0 Å². The van der Waals surface area contributed by atoms with Crippen molar-refractivity contribution in [3.8, 4) is 0 Å². The van der Waals surface area contributed by atoms with Gasteiger partial charge in [0.25, 0.3) is 0 Å². The molecule has 0 aromatic heterocycles. The van der Waals surface area contributed by atoms with Gasteiger partial charge in [0.2, 0.25) is 0 Å². The van der Waals surface area contributed by atoms with Gasteiger partial charge in [-0.2, -0.15) is 0 Å². The topological polar surface area (TPSA) is 43.1 Å². The second-order valence-electron chi connectivity index (χ2n) is 4.36. The molecule has 102 valence electrons. The number of halogens is 2. The Hall–Kier alpha value is -1.77. The van der Waals surface area contributed by atoms with Crippen molar-refractivity contribution in [1.82, 2.24) is 0 Å². The molecule has 2 aromatic carbocycles. The van der Waals surface area contributed by atoms with Crippen molar-refractivity contribution in [2.24, 2.45) is 0 Å². The zero-order valence-electron chi connectivity index (χ0n) is 10.6. The number of allylic oxidation sites excluding steroid dienone is 1. The Morgan fingerprint density at radius 2 is 1.80 bits per heavy atom. The summed E-state index contributed by atoms with van der Waals surface area (Å²) < 4.78 is 0. The molecule has 0 heterocycles. The summed E-state index contributed by atoms with van der Waals surface area (Å²) in [5.41, 5.74) is 7.94. The van der Waals surface area contributed by atoms with E-state index in [1.165, 1.54) is 6.08 Å². The molecule has 4 heteroatoms. The predicted molar refractivity (Wildman–Crippen MR) is 85.1 cm³/mol. The van der Waals surface area contributed by atoms with E-state index in [4.69, 9.17) is 28.9 Å². The molecule has 0 spiro atoms. The van der Waals surface area contributed by atoms with E-state index in [1.807, 2.05) is 12.1 Å². The van der Waals surface area contributed by atoms with E-state index in [0.717, 1.165) is 11.1 Å². The number of benzene rings is 2. The molecule has 2 rings (SSSR count). The molecule has 0 bridgehead atoms. The van der Waals surface area contributed by atoms with Crippen molar-refractivity contribution >= 4 is 40.7 Å². The molecule has 2 N–H and O–H groups in total. The third-order valence-corrected chi connectivity index (χ3v) is 3.65. The summed E-state index contributed by atoms with van der Waals surface area (Å²) in [5, 5.41) is 0.892. The number of carbonyl (C=O) groups is 1. The van der Waals surface area contributed by atoms with E-state index in [9.17, 15) is 4.79 Å². The molecule has 0 aliphatic rings. The third kappa shape index (κ3) is 3.86. The first-order valence-corrected chi connectivity index (χ1v) is 6.81. The maximum atomic E-state index is 11.9. The first-order chi connectivity index (χ1) is 9.56. The second-order valence-corrected chi connectivity index (χ2v) is 5.14. The summed E-state index contributed by atoms with van der Waals surface area (Å²) in [4.78, 5) is 11.9. The van der Waals surface area contributed by atoms with Crippen LogP contribution in [0.1, 0.15) is 11.1 Å². The Bertz CT molecular complexity index is 648. The molecule has 20 heavy (non-hydrogen) atoms. The molecule has 0 atom stereocenters. The van der Waals surface area contributed by atoms with Crippen LogP contribution < -0.4 is 5.73 Å². The van der Waals surface area contributed by atoms with Crippen LogP contribution in [-0.4, -0.2) is 5.78 Å². The van der Waals surface area contributed by atoms with Crippen molar-refractivity contribution in [3.63, 3.8) is 0 Å². The van der Waals surface area contributed by atoms with E-state index in [-0.39, 0.29) is 12.2 Å². The Labute approximate surface area is 127 Å². The molecule has 0 aliphatic heterocycles. The average molecular weight is 306 g/mol. The lowest BCUT2D eigenvalue weighted by molar-refractivity contribution is -0.113. The van der Waals surface area contributed by atoms with Crippen molar-refractivity contribution < 1.29 is 4.79 Å². The van der Waals surface area contributed by atoms with Crippen LogP contribution in [0.3, 0.4) is 0 Å². The number of hydrogen-bond acceptors (Lipinski definition) is 2. The van der Waals surface area contributed by atoms with Gasteiger partial charge >= 0.3 is 0 Å². The lowest BCUT2D eigenvalue weighted by Crippen LogP contribution is -1.99. The molecule has 2 aromatic rings. The Morgan fingerprint density at radius 1 is 1.10 bits per heavy atom. The van der Waals surface area contributed by atoms with Crippen LogP contribution in [0.2, 0.25) is 10.0 Å². The SMILES string of the molecule is Nc1ccc(/C=C/C(=O)Cc2cccc(Cl)c2Cl)cc1. The summed E-state index contributed by atoms with van der Waals surface area (Å²) in [7, 11) is 0. The zero-order chi connectivity index (χ0) is 14.5. The van der Waals surface area contributed by atoms with Crippen molar-refractivity contribution in [2.45, 2.75) is 6.42 Å². The minimum Gasteiger partial charge on any atom is -0.399 e. The molecular weight excluding hydrogens is 293 g/mol. The van der Waals surface area contributed by atoms with Gasteiger partial charge in [0.1, 0.15) is 0 Å². The van der Waals surface area contributed by atoms with Crippen LogP contribution in [0, 0.1) is 0 Å². The van der Waals surface area contributed by atoms with Crippen LogP contribution in [0.4, 0.5) is 5.69 Å². The molecular formula is C16H13Cl2NO. The molecule has 0 unspecified atom stereocenters. The first-order valence-electron chi connectivity index (χ1n) is 6.05. The molecule has 0 aliphatic carbocycles. The van der Waals surface area contributed by atoms with Gasteiger partial charge in [-0.05, 0) is 35.4 Å². The Morgan fingerprint density at radius 3 is 2.50 bits per heavy atom. The monoisotopic (exact) mass is 305 g/mol. The van der Waals surface area contributed by atoms with E-state index in [0.29, 0.717) is 15.7 Å². The average Bonchev–Trinajstić information content (AvgIpc) is 2.43. The first kappa shape index (κ1) is 14.6. The van der Waals surface area contributed by atoms with Crippen LogP contribution in [0.5, 0.6) is 0 Å². The van der Waals surface area contributed by atoms with Crippen molar-refractivity contribution in [2.75, 3.05) is 5.73 Å². The van der Waals surface area contributed by atoms with Crippen LogP contribution >= 0.6 is 23.2 Å². The predicted octanol–water partition coefficient (Wildman–Crippen LogP) is 4.40. The van der Waals surface area contributed by atoms with E-state index < -0.39 is 0 Å². The fourth-order valence-corrected chi connectivity index (χ4v) is 2.11.